The number of benzene rings is 2. The van der Waals surface area contributed by atoms with E-state index in [1.54, 1.807) is 6.92 Å². The zero-order valence-electron chi connectivity index (χ0n) is 10.8. The maximum Gasteiger partial charge on any atom is 0.262 e. The number of halogens is 3. The first kappa shape index (κ1) is 15.9. The van der Waals surface area contributed by atoms with Gasteiger partial charge < -0.3 is 5.73 Å². The third kappa shape index (κ3) is 3.40. The fourth-order valence-corrected chi connectivity index (χ4v) is 3.55. The molecule has 112 valence electrons. The second-order valence-corrected chi connectivity index (χ2v) is 6.85. The van der Waals surface area contributed by atoms with Crippen LogP contribution in [0.5, 0.6) is 0 Å². The maximum absolute atomic E-state index is 13.1. The highest BCUT2D eigenvalue weighted by atomic mass is 35.5. The summed E-state index contributed by atoms with van der Waals surface area (Å²) in [7, 11) is -3.91. The van der Waals surface area contributed by atoms with Crippen LogP contribution >= 0.6 is 23.2 Å². The molecule has 8 heteroatoms. The maximum atomic E-state index is 13.1. The van der Waals surface area contributed by atoms with Crippen molar-refractivity contribution in [2.75, 3.05) is 10.5 Å². The summed E-state index contributed by atoms with van der Waals surface area (Å²) < 4.78 is 40.1. The number of nitrogens with two attached hydrogens (primary N) is 1. The molecular formula is C13H11Cl2FN2O2S. The Kier molecular flexibility index (Phi) is 4.32. The van der Waals surface area contributed by atoms with Gasteiger partial charge >= 0.3 is 0 Å². The van der Waals surface area contributed by atoms with Crippen LogP contribution in [-0.4, -0.2) is 8.42 Å². The first-order chi connectivity index (χ1) is 9.70. The second kappa shape index (κ2) is 5.71. The normalized spacial score (nSPS) is 11.4. The number of sulfonamides is 1. The Labute approximate surface area is 131 Å². The average molecular weight is 349 g/mol. The van der Waals surface area contributed by atoms with Crippen molar-refractivity contribution in [3.05, 3.63) is 51.8 Å². The fraction of sp³-hybridized carbons (Fsp3) is 0.0769. The van der Waals surface area contributed by atoms with Crippen molar-refractivity contribution in [2.24, 2.45) is 0 Å². The Hall–Kier alpha value is -1.50. The minimum atomic E-state index is -3.91. The van der Waals surface area contributed by atoms with E-state index in [1.807, 2.05) is 0 Å². The quantitative estimate of drug-likeness (QED) is 0.828. The molecule has 2 aromatic carbocycles. The van der Waals surface area contributed by atoms with E-state index in [1.165, 1.54) is 24.3 Å². The summed E-state index contributed by atoms with van der Waals surface area (Å²) in [6.45, 7) is 1.57. The van der Waals surface area contributed by atoms with Gasteiger partial charge in [-0.15, -0.1) is 0 Å². The highest BCUT2D eigenvalue weighted by molar-refractivity contribution is 7.92. The third-order valence-corrected chi connectivity index (χ3v) is 4.84. The summed E-state index contributed by atoms with van der Waals surface area (Å²) >= 11 is 11.5. The Balaban J connectivity index is 2.45. The minimum Gasteiger partial charge on any atom is -0.398 e. The van der Waals surface area contributed by atoms with Crippen LogP contribution in [-0.2, 0) is 10.0 Å². The average Bonchev–Trinajstić information content (AvgIpc) is 2.37. The summed E-state index contributed by atoms with van der Waals surface area (Å²) in [5.41, 5.74) is 6.49. The molecule has 3 N–H and O–H groups in total. The fourth-order valence-electron chi connectivity index (χ4n) is 1.72. The number of anilines is 2. The molecule has 0 aliphatic carbocycles. The van der Waals surface area contributed by atoms with Crippen LogP contribution in [0.15, 0.2) is 35.2 Å². The van der Waals surface area contributed by atoms with Crippen molar-refractivity contribution in [3.63, 3.8) is 0 Å². The molecule has 0 bridgehead atoms. The van der Waals surface area contributed by atoms with Crippen molar-refractivity contribution >= 4 is 44.6 Å². The molecule has 4 nitrogen and oxygen atoms in total. The Morgan fingerprint density at radius 3 is 2.48 bits per heavy atom. The van der Waals surface area contributed by atoms with Gasteiger partial charge in [0.2, 0.25) is 0 Å². The van der Waals surface area contributed by atoms with E-state index >= 15 is 0 Å². The minimum absolute atomic E-state index is 0.0482. The van der Waals surface area contributed by atoms with Crippen LogP contribution in [0.25, 0.3) is 0 Å². The van der Waals surface area contributed by atoms with E-state index < -0.39 is 15.8 Å². The SMILES string of the molecule is Cc1c(N)cc(Cl)cc1S(=O)(=O)Nc1ccc(F)c(Cl)c1. The van der Waals surface area contributed by atoms with Gasteiger partial charge in [-0.3, -0.25) is 4.72 Å². The van der Waals surface area contributed by atoms with Gasteiger partial charge in [0.25, 0.3) is 10.0 Å². The summed E-state index contributed by atoms with van der Waals surface area (Å²) in [4.78, 5) is -0.0482. The van der Waals surface area contributed by atoms with E-state index in [4.69, 9.17) is 28.9 Å². The monoisotopic (exact) mass is 348 g/mol. The number of rotatable bonds is 3. The Morgan fingerprint density at radius 1 is 1.19 bits per heavy atom. The molecule has 0 aliphatic heterocycles. The van der Waals surface area contributed by atoms with Gasteiger partial charge in [-0.05, 0) is 42.8 Å². The Bertz CT molecular complexity index is 810. The van der Waals surface area contributed by atoms with Gasteiger partial charge in [-0.2, -0.15) is 0 Å². The molecule has 0 aromatic heterocycles. The molecule has 0 unspecified atom stereocenters. The molecule has 0 atom stereocenters. The lowest BCUT2D eigenvalue weighted by molar-refractivity contribution is 0.600. The van der Waals surface area contributed by atoms with E-state index in [0.717, 1.165) is 6.07 Å². The largest absolute Gasteiger partial charge is 0.398 e. The van der Waals surface area contributed by atoms with Crippen LogP contribution < -0.4 is 10.5 Å². The number of nitrogens with one attached hydrogen (secondary N) is 1. The topological polar surface area (TPSA) is 72.2 Å². The second-order valence-electron chi connectivity index (χ2n) is 4.35. The van der Waals surface area contributed by atoms with Crippen molar-refractivity contribution in [1.29, 1.82) is 0 Å². The van der Waals surface area contributed by atoms with Crippen LogP contribution in [0.1, 0.15) is 5.56 Å². The van der Waals surface area contributed by atoms with Crippen LogP contribution in [0, 0.1) is 12.7 Å². The molecule has 0 amide bonds. The number of hydrogen-bond acceptors (Lipinski definition) is 3. The highest BCUT2D eigenvalue weighted by Gasteiger charge is 2.19. The molecule has 0 aliphatic rings. The van der Waals surface area contributed by atoms with Crippen LogP contribution in [0.3, 0.4) is 0 Å². The van der Waals surface area contributed by atoms with E-state index in [2.05, 4.69) is 4.72 Å². The molecule has 0 fully saturated rings. The van der Waals surface area contributed by atoms with Gasteiger partial charge in [0.05, 0.1) is 15.6 Å². The summed E-state index contributed by atoms with van der Waals surface area (Å²) in [5.74, 6) is -0.636. The van der Waals surface area contributed by atoms with Crippen LogP contribution in [0.2, 0.25) is 10.0 Å². The van der Waals surface area contributed by atoms with E-state index in [0.29, 0.717) is 5.56 Å². The van der Waals surface area contributed by atoms with Crippen molar-refractivity contribution in [3.8, 4) is 0 Å². The molecule has 2 rings (SSSR count). The van der Waals surface area contributed by atoms with Gasteiger partial charge in [-0.25, -0.2) is 12.8 Å². The van der Waals surface area contributed by atoms with Gasteiger partial charge in [0, 0.05) is 10.7 Å². The first-order valence-corrected chi connectivity index (χ1v) is 7.98. The van der Waals surface area contributed by atoms with Gasteiger partial charge in [0.15, 0.2) is 0 Å². The predicted molar refractivity (Wildman–Crippen MR) is 82.8 cm³/mol. The Morgan fingerprint density at radius 2 is 1.86 bits per heavy atom. The third-order valence-electron chi connectivity index (χ3n) is 2.83. The molecule has 0 spiro atoms. The first-order valence-electron chi connectivity index (χ1n) is 5.74. The zero-order chi connectivity index (χ0) is 15.8. The smallest absolute Gasteiger partial charge is 0.262 e. The standard InChI is InChI=1S/C13H11Cl2FN2O2S/c1-7-12(17)4-8(14)5-13(7)21(19,20)18-9-2-3-11(16)10(15)6-9/h2-6,18H,17H2,1H3. The highest BCUT2D eigenvalue weighted by Crippen LogP contribution is 2.28. The van der Waals surface area contributed by atoms with Gasteiger partial charge in [-0.1, -0.05) is 23.2 Å². The summed E-state index contributed by atoms with van der Waals surface area (Å²) in [6, 6.07) is 6.27. The molecule has 0 saturated heterocycles. The van der Waals surface area contributed by atoms with Crippen molar-refractivity contribution in [2.45, 2.75) is 11.8 Å². The molecule has 0 heterocycles. The molecule has 2 aromatic rings. The summed E-state index contributed by atoms with van der Waals surface area (Å²) in [5, 5.41) is 0.0214. The van der Waals surface area contributed by atoms with E-state index in [-0.39, 0.29) is 26.3 Å². The lowest BCUT2D eigenvalue weighted by atomic mass is 10.2. The van der Waals surface area contributed by atoms with E-state index in [9.17, 15) is 12.8 Å². The van der Waals surface area contributed by atoms with Crippen molar-refractivity contribution < 1.29 is 12.8 Å². The molecule has 0 saturated carbocycles. The van der Waals surface area contributed by atoms with Gasteiger partial charge in [0.1, 0.15) is 5.82 Å². The predicted octanol–water partition coefficient (Wildman–Crippen LogP) is 3.82. The number of hydrogen-bond donors (Lipinski definition) is 2. The summed E-state index contributed by atoms with van der Waals surface area (Å²) in [6.07, 6.45) is 0. The molecular weight excluding hydrogens is 338 g/mol. The lowest BCUT2D eigenvalue weighted by Crippen LogP contribution is -2.15. The molecule has 0 radical (unpaired) electrons. The number of nitrogen functional groups attached to an aromatic ring is 1. The zero-order valence-corrected chi connectivity index (χ0v) is 13.2. The molecule has 21 heavy (non-hydrogen) atoms. The van der Waals surface area contributed by atoms with Crippen LogP contribution in [0.4, 0.5) is 15.8 Å². The lowest BCUT2D eigenvalue weighted by Gasteiger charge is -2.12. The van der Waals surface area contributed by atoms with Crippen molar-refractivity contribution in [1.82, 2.24) is 0 Å².